The average molecular weight is 439 g/mol. The minimum Gasteiger partial charge on any atom is -0.493 e. The van der Waals surface area contributed by atoms with E-state index in [4.69, 9.17) is 14.2 Å². The molecule has 174 valence electrons. The summed E-state index contributed by atoms with van der Waals surface area (Å²) >= 11 is 0. The molecule has 1 aromatic heterocycles. The lowest BCUT2D eigenvalue weighted by molar-refractivity contribution is 0.0631. The lowest BCUT2D eigenvalue weighted by Crippen LogP contribution is -2.32. The quantitative estimate of drug-likeness (QED) is 0.313. The smallest absolute Gasteiger partial charge is 0.225 e. The Labute approximate surface area is 193 Å². The molecule has 0 N–H and O–H groups in total. The number of ether oxygens (including phenoxy) is 3. The molecule has 32 heavy (non-hydrogen) atoms. The number of methoxy groups -OCH3 is 1. The van der Waals surface area contributed by atoms with Crippen molar-refractivity contribution in [2.45, 2.75) is 78.9 Å². The summed E-state index contributed by atoms with van der Waals surface area (Å²) in [5.74, 6) is 1.89. The second kappa shape index (κ2) is 12.9. The van der Waals surface area contributed by atoms with Crippen LogP contribution in [0.15, 0.2) is 48.8 Å². The van der Waals surface area contributed by atoms with E-state index in [-0.39, 0.29) is 5.60 Å². The van der Waals surface area contributed by atoms with Gasteiger partial charge in [-0.2, -0.15) is 0 Å². The van der Waals surface area contributed by atoms with Gasteiger partial charge in [0.1, 0.15) is 18.5 Å². The molecule has 1 unspecified atom stereocenters. The zero-order valence-electron chi connectivity index (χ0n) is 20.5. The van der Waals surface area contributed by atoms with E-state index in [1.165, 1.54) is 0 Å². The van der Waals surface area contributed by atoms with E-state index in [0.717, 1.165) is 48.6 Å². The topological polar surface area (TPSA) is 53.5 Å². The van der Waals surface area contributed by atoms with Gasteiger partial charge in [-0.1, -0.05) is 70.9 Å². The lowest BCUT2D eigenvalue weighted by Gasteiger charge is -2.30. The SMILES string of the molecule is CC.CCCCC(C)(CCC)Oc1ncnc2cc(OCc3ccccc3)c(OC)cc12. The van der Waals surface area contributed by atoms with Crippen molar-refractivity contribution in [1.82, 2.24) is 9.97 Å². The molecule has 3 rings (SSSR count). The Hall–Kier alpha value is -2.82. The van der Waals surface area contributed by atoms with Gasteiger partial charge >= 0.3 is 0 Å². The summed E-state index contributed by atoms with van der Waals surface area (Å²) in [4.78, 5) is 8.90. The molecule has 0 saturated heterocycles. The van der Waals surface area contributed by atoms with Crippen LogP contribution in [-0.2, 0) is 6.61 Å². The predicted molar refractivity (Wildman–Crippen MR) is 132 cm³/mol. The maximum Gasteiger partial charge on any atom is 0.225 e. The van der Waals surface area contributed by atoms with Crippen molar-refractivity contribution in [2.24, 2.45) is 0 Å². The van der Waals surface area contributed by atoms with Crippen molar-refractivity contribution < 1.29 is 14.2 Å². The van der Waals surface area contributed by atoms with Gasteiger partial charge in [0.2, 0.25) is 5.88 Å². The molecule has 0 bridgehead atoms. The molecule has 0 saturated carbocycles. The number of unbranched alkanes of at least 4 members (excludes halogenated alkanes) is 1. The normalized spacial score (nSPS) is 12.4. The molecule has 0 amide bonds. The number of aromatic nitrogens is 2. The molecular weight excluding hydrogens is 400 g/mol. The van der Waals surface area contributed by atoms with Crippen LogP contribution in [-0.4, -0.2) is 22.7 Å². The minimum atomic E-state index is -0.248. The number of hydrogen-bond acceptors (Lipinski definition) is 5. The van der Waals surface area contributed by atoms with Crippen LogP contribution in [0, 0.1) is 0 Å². The second-order valence-electron chi connectivity index (χ2n) is 7.88. The van der Waals surface area contributed by atoms with Crippen LogP contribution in [0.25, 0.3) is 10.9 Å². The molecule has 1 heterocycles. The van der Waals surface area contributed by atoms with Crippen molar-refractivity contribution in [3.63, 3.8) is 0 Å². The highest BCUT2D eigenvalue weighted by atomic mass is 16.5. The largest absolute Gasteiger partial charge is 0.493 e. The molecule has 5 heteroatoms. The number of fused-ring (bicyclic) bond motifs is 1. The highest BCUT2D eigenvalue weighted by Gasteiger charge is 2.26. The molecule has 0 fully saturated rings. The molecule has 0 aliphatic carbocycles. The first kappa shape index (κ1) is 25.4. The highest BCUT2D eigenvalue weighted by molar-refractivity contribution is 5.86. The van der Waals surface area contributed by atoms with Gasteiger partial charge in [0.15, 0.2) is 11.5 Å². The van der Waals surface area contributed by atoms with E-state index in [0.29, 0.717) is 24.0 Å². The summed E-state index contributed by atoms with van der Waals surface area (Å²) in [6, 6.07) is 13.9. The van der Waals surface area contributed by atoms with Crippen LogP contribution >= 0.6 is 0 Å². The Morgan fingerprint density at radius 3 is 2.31 bits per heavy atom. The van der Waals surface area contributed by atoms with E-state index in [9.17, 15) is 0 Å². The third-order valence-corrected chi connectivity index (χ3v) is 5.30. The Kier molecular flexibility index (Phi) is 10.3. The Morgan fingerprint density at radius 2 is 1.66 bits per heavy atom. The second-order valence-corrected chi connectivity index (χ2v) is 7.88. The number of nitrogens with zero attached hydrogens (tertiary/aromatic N) is 2. The Bertz CT molecular complexity index is 946. The van der Waals surface area contributed by atoms with Gasteiger partial charge < -0.3 is 14.2 Å². The van der Waals surface area contributed by atoms with Crippen LogP contribution in [0.3, 0.4) is 0 Å². The van der Waals surface area contributed by atoms with E-state index in [1.54, 1.807) is 13.4 Å². The third kappa shape index (κ3) is 6.84. The zero-order chi connectivity index (χ0) is 23.4. The van der Waals surface area contributed by atoms with Gasteiger partial charge in [-0.05, 0) is 37.8 Å². The summed E-state index contributed by atoms with van der Waals surface area (Å²) in [5, 5.41) is 0.834. The van der Waals surface area contributed by atoms with Gasteiger partial charge in [-0.3, -0.25) is 0 Å². The predicted octanol–water partition coefficient (Wildman–Crippen LogP) is 7.37. The first-order chi connectivity index (χ1) is 15.6. The molecular formula is C27H38N2O3. The minimum absolute atomic E-state index is 0.248. The molecule has 1 atom stereocenters. The van der Waals surface area contributed by atoms with Crippen LogP contribution in [0.2, 0.25) is 0 Å². The number of hydrogen-bond donors (Lipinski definition) is 0. The van der Waals surface area contributed by atoms with Crippen molar-refractivity contribution in [3.8, 4) is 17.4 Å². The third-order valence-electron chi connectivity index (χ3n) is 5.30. The molecule has 2 aromatic carbocycles. The summed E-state index contributed by atoms with van der Waals surface area (Å²) < 4.78 is 18.1. The first-order valence-corrected chi connectivity index (χ1v) is 11.8. The summed E-state index contributed by atoms with van der Waals surface area (Å²) in [6.07, 6.45) is 6.86. The van der Waals surface area contributed by atoms with Gasteiger partial charge in [0, 0.05) is 6.07 Å². The van der Waals surface area contributed by atoms with E-state index < -0.39 is 0 Å². The standard InChI is InChI=1S/C25H32N2O3.C2H6/c1-5-7-14-25(3,13-6-2)30-24-20-15-22(28-4)23(16-21(20)26-18-27-24)29-17-19-11-9-8-10-12-19;1-2/h8-12,15-16,18H,5-7,13-14,17H2,1-4H3;1-2H3. The number of benzene rings is 2. The van der Waals surface area contributed by atoms with Gasteiger partial charge in [0.25, 0.3) is 0 Å². The first-order valence-electron chi connectivity index (χ1n) is 11.8. The van der Waals surface area contributed by atoms with E-state index in [1.807, 2.05) is 56.3 Å². The molecule has 0 aliphatic heterocycles. The Morgan fingerprint density at radius 1 is 0.906 bits per heavy atom. The molecule has 0 spiro atoms. The van der Waals surface area contributed by atoms with Gasteiger partial charge in [-0.15, -0.1) is 0 Å². The van der Waals surface area contributed by atoms with Crippen LogP contribution in [0.4, 0.5) is 0 Å². The van der Waals surface area contributed by atoms with E-state index in [2.05, 4.69) is 30.7 Å². The molecule has 0 aliphatic rings. The van der Waals surface area contributed by atoms with Gasteiger partial charge in [-0.25, -0.2) is 9.97 Å². The summed E-state index contributed by atoms with van der Waals surface area (Å²) in [6.45, 7) is 11.0. The van der Waals surface area contributed by atoms with Crippen molar-refractivity contribution >= 4 is 10.9 Å². The van der Waals surface area contributed by atoms with Gasteiger partial charge in [0.05, 0.1) is 18.0 Å². The fourth-order valence-corrected chi connectivity index (χ4v) is 3.67. The van der Waals surface area contributed by atoms with Crippen LogP contribution < -0.4 is 14.2 Å². The van der Waals surface area contributed by atoms with Crippen LogP contribution in [0.1, 0.15) is 72.3 Å². The number of rotatable bonds is 11. The highest BCUT2D eigenvalue weighted by Crippen LogP contribution is 2.37. The van der Waals surface area contributed by atoms with Crippen molar-refractivity contribution in [1.29, 1.82) is 0 Å². The fourth-order valence-electron chi connectivity index (χ4n) is 3.67. The van der Waals surface area contributed by atoms with Crippen molar-refractivity contribution in [3.05, 3.63) is 54.4 Å². The molecule has 3 aromatic rings. The Balaban J connectivity index is 0.00000176. The lowest BCUT2D eigenvalue weighted by atomic mass is 9.93. The average Bonchev–Trinajstić information content (AvgIpc) is 2.83. The van der Waals surface area contributed by atoms with Crippen LogP contribution in [0.5, 0.6) is 17.4 Å². The monoisotopic (exact) mass is 438 g/mol. The fraction of sp³-hybridized carbons (Fsp3) is 0.481. The van der Waals surface area contributed by atoms with Crippen molar-refractivity contribution in [2.75, 3.05) is 7.11 Å². The molecule has 5 nitrogen and oxygen atoms in total. The molecule has 0 radical (unpaired) electrons. The summed E-state index contributed by atoms with van der Waals surface area (Å²) in [7, 11) is 1.64. The maximum atomic E-state index is 6.48. The van der Waals surface area contributed by atoms with E-state index >= 15 is 0 Å². The zero-order valence-corrected chi connectivity index (χ0v) is 20.5. The summed E-state index contributed by atoms with van der Waals surface area (Å²) in [5.41, 5.74) is 1.62. The maximum absolute atomic E-state index is 6.48.